The first-order valence-electron chi connectivity index (χ1n) is 11.0. The monoisotopic (exact) mass is 527 g/mol. The summed E-state index contributed by atoms with van der Waals surface area (Å²) in [4.78, 5) is 14.1. The molecule has 30 heavy (non-hydrogen) atoms. The van der Waals surface area contributed by atoms with E-state index in [9.17, 15) is 4.79 Å². The molecule has 1 aliphatic rings. The second-order valence-corrected chi connectivity index (χ2v) is 8.62. The molecule has 0 saturated heterocycles. The fraction of sp³-hybridized carbons (Fsp3) is 0.577. The highest BCUT2D eigenvalue weighted by Crippen LogP contribution is 2.40. The second-order valence-electron chi connectivity index (χ2n) is 8.62. The molecule has 0 aromatic rings. The molecule has 0 fully saturated rings. The van der Waals surface area contributed by atoms with Gasteiger partial charge in [-0.3, -0.25) is 0 Å². The topological polar surface area (TPSA) is 29.5 Å². The highest BCUT2D eigenvalue weighted by atomic mass is 127. The van der Waals surface area contributed by atoms with Crippen LogP contribution in [0.1, 0.15) is 67.7 Å². The highest BCUT2D eigenvalue weighted by Gasteiger charge is 2.26. The number of hydrogen-bond acceptors (Lipinski definition) is 3. The van der Waals surface area contributed by atoms with Crippen LogP contribution in [0.5, 0.6) is 0 Å². The van der Waals surface area contributed by atoms with Crippen LogP contribution in [-0.2, 0) is 9.53 Å². The van der Waals surface area contributed by atoms with E-state index < -0.39 is 0 Å². The first-order chi connectivity index (χ1) is 13.7. The van der Waals surface area contributed by atoms with Gasteiger partial charge in [-0.1, -0.05) is 69.2 Å². The molecule has 0 N–H and O–H groups in total. The van der Waals surface area contributed by atoms with Gasteiger partial charge in [-0.2, -0.15) is 0 Å². The van der Waals surface area contributed by atoms with Crippen molar-refractivity contribution >= 4 is 29.9 Å². The van der Waals surface area contributed by atoms with Crippen LogP contribution >= 0.6 is 24.0 Å². The van der Waals surface area contributed by atoms with Crippen LogP contribution < -0.4 is 0 Å². The molecule has 0 aliphatic heterocycles. The molecule has 170 valence electrons. The van der Waals surface area contributed by atoms with Gasteiger partial charge in [-0.25, -0.2) is 4.79 Å². The maximum atomic E-state index is 11.9. The molecule has 0 spiro atoms. The SMILES string of the molecule is CCN(CC)CCOC(=O)/C=C(C)/C=C/C=C(C)/C=C/C1=C(C)CCCC1(C)C.I. The summed E-state index contributed by atoms with van der Waals surface area (Å²) in [7, 11) is 0. The highest BCUT2D eigenvalue weighted by molar-refractivity contribution is 14.0. The normalized spacial score (nSPS) is 17.7. The van der Waals surface area contributed by atoms with E-state index in [4.69, 9.17) is 4.74 Å². The number of carbonyl (C=O) groups is 1. The Bertz CT molecular complexity index is 692. The lowest BCUT2D eigenvalue weighted by Gasteiger charge is -2.32. The molecular formula is C26H42INO2. The van der Waals surface area contributed by atoms with Crippen LogP contribution in [0.4, 0.5) is 0 Å². The molecule has 0 radical (unpaired) electrons. The van der Waals surface area contributed by atoms with Crippen molar-refractivity contribution in [2.45, 2.75) is 67.7 Å². The first kappa shape index (κ1) is 28.9. The third-order valence-corrected chi connectivity index (χ3v) is 5.67. The Morgan fingerprint density at radius 3 is 2.40 bits per heavy atom. The number of halogens is 1. The van der Waals surface area contributed by atoms with Crippen molar-refractivity contribution in [2.24, 2.45) is 5.41 Å². The van der Waals surface area contributed by atoms with Gasteiger partial charge in [0.2, 0.25) is 0 Å². The Hall–Kier alpha value is -1.14. The van der Waals surface area contributed by atoms with Crippen LogP contribution in [0.15, 0.2) is 58.7 Å². The van der Waals surface area contributed by atoms with Gasteiger partial charge in [0.05, 0.1) is 0 Å². The Morgan fingerprint density at radius 1 is 1.13 bits per heavy atom. The number of carbonyl (C=O) groups excluding carboxylic acids is 1. The molecule has 0 bridgehead atoms. The molecule has 0 aromatic carbocycles. The van der Waals surface area contributed by atoms with E-state index in [1.54, 1.807) is 6.08 Å². The van der Waals surface area contributed by atoms with E-state index in [1.165, 1.54) is 36.0 Å². The van der Waals surface area contributed by atoms with Gasteiger partial charge in [0.1, 0.15) is 6.61 Å². The molecule has 0 unspecified atom stereocenters. The average Bonchev–Trinajstić information content (AvgIpc) is 2.64. The fourth-order valence-electron chi connectivity index (χ4n) is 3.72. The minimum Gasteiger partial charge on any atom is -0.461 e. The maximum Gasteiger partial charge on any atom is 0.331 e. The van der Waals surface area contributed by atoms with Crippen molar-refractivity contribution in [3.63, 3.8) is 0 Å². The summed E-state index contributed by atoms with van der Waals surface area (Å²) in [5, 5.41) is 0. The number of ether oxygens (including phenoxy) is 1. The number of nitrogens with zero attached hydrogens (tertiary/aromatic N) is 1. The third-order valence-electron chi connectivity index (χ3n) is 5.67. The summed E-state index contributed by atoms with van der Waals surface area (Å²) in [5.74, 6) is -0.276. The van der Waals surface area contributed by atoms with Crippen molar-refractivity contribution in [3.8, 4) is 0 Å². The van der Waals surface area contributed by atoms with E-state index in [-0.39, 0.29) is 35.4 Å². The van der Waals surface area contributed by atoms with Gasteiger partial charge in [0, 0.05) is 12.6 Å². The fourth-order valence-corrected chi connectivity index (χ4v) is 3.72. The lowest BCUT2D eigenvalue weighted by Crippen LogP contribution is -2.27. The molecule has 0 aromatic heterocycles. The third kappa shape index (κ3) is 10.8. The van der Waals surface area contributed by atoms with Gasteiger partial charge < -0.3 is 9.64 Å². The predicted octanol–water partition coefficient (Wildman–Crippen LogP) is 7.02. The predicted molar refractivity (Wildman–Crippen MR) is 140 cm³/mol. The summed E-state index contributed by atoms with van der Waals surface area (Å²) < 4.78 is 5.29. The molecule has 1 rings (SSSR count). The van der Waals surface area contributed by atoms with E-state index >= 15 is 0 Å². The summed E-state index contributed by atoms with van der Waals surface area (Å²) in [6.07, 6.45) is 15.8. The number of hydrogen-bond donors (Lipinski definition) is 0. The Morgan fingerprint density at radius 2 is 1.80 bits per heavy atom. The zero-order valence-corrected chi connectivity index (χ0v) is 22.4. The van der Waals surface area contributed by atoms with Crippen LogP contribution in [0, 0.1) is 5.41 Å². The van der Waals surface area contributed by atoms with Crippen molar-refractivity contribution in [2.75, 3.05) is 26.2 Å². The number of rotatable bonds is 10. The zero-order valence-electron chi connectivity index (χ0n) is 20.1. The molecule has 3 nitrogen and oxygen atoms in total. The van der Waals surface area contributed by atoms with Gasteiger partial charge >= 0.3 is 5.97 Å². The smallest absolute Gasteiger partial charge is 0.331 e. The zero-order chi connectivity index (χ0) is 21.9. The number of esters is 1. The van der Waals surface area contributed by atoms with Gasteiger partial charge in [-0.15, -0.1) is 24.0 Å². The molecule has 4 heteroatoms. The minimum absolute atomic E-state index is 0. The number of likely N-dealkylation sites (N-methyl/N-ethyl adjacent to an activating group) is 1. The van der Waals surface area contributed by atoms with Crippen LogP contribution in [0.3, 0.4) is 0 Å². The van der Waals surface area contributed by atoms with E-state index in [2.05, 4.69) is 64.7 Å². The average molecular weight is 528 g/mol. The largest absolute Gasteiger partial charge is 0.461 e. The van der Waals surface area contributed by atoms with Crippen molar-refractivity contribution in [1.29, 1.82) is 0 Å². The quantitative estimate of drug-likeness (QED) is 0.132. The molecule has 0 heterocycles. The Kier molecular flexibility index (Phi) is 14.2. The standard InChI is InChI=1S/C26H41NO2.HI/c1-8-27(9-2)18-19-29-25(28)20-22(4)13-10-12-21(3)15-16-24-23(5)14-11-17-26(24,6)7;/h10,12-13,15-16,20H,8-9,11,14,17-19H2,1-7H3;1H/b13-10+,16-15+,21-12+,22-20+;. The van der Waals surface area contributed by atoms with Crippen LogP contribution in [0.2, 0.25) is 0 Å². The van der Waals surface area contributed by atoms with Crippen molar-refractivity contribution < 1.29 is 9.53 Å². The Labute approximate surface area is 202 Å². The summed E-state index contributed by atoms with van der Waals surface area (Å²) in [5.41, 5.74) is 5.33. The van der Waals surface area contributed by atoms with Gasteiger partial charge in [0.25, 0.3) is 0 Å². The van der Waals surface area contributed by atoms with Crippen LogP contribution in [0.25, 0.3) is 0 Å². The molecule has 0 saturated carbocycles. The first-order valence-corrected chi connectivity index (χ1v) is 11.0. The summed E-state index contributed by atoms with van der Waals surface area (Å²) in [6.45, 7) is 18.3. The minimum atomic E-state index is -0.276. The lowest BCUT2D eigenvalue weighted by atomic mass is 9.72. The Balaban J connectivity index is 0.00000841. The van der Waals surface area contributed by atoms with Crippen molar-refractivity contribution in [3.05, 3.63) is 58.7 Å². The van der Waals surface area contributed by atoms with Crippen LogP contribution in [-0.4, -0.2) is 37.1 Å². The molecule has 0 amide bonds. The van der Waals surface area contributed by atoms with E-state index in [0.717, 1.165) is 25.2 Å². The maximum absolute atomic E-state index is 11.9. The van der Waals surface area contributed by atoms with E-state index in [0.29, 0.717) is 6.61 Å². The van der Waals surface area contributed by atoms with Gasteiger partial charge in [0.15, 0.2) is 0 Å². The summed E-state index contributed by atoms with van der Waals surface area (Å²) in [6, 6.07) is 0. The lowest BCUT2D eigenvalue weighted by molar-refractivity contribution is -0.138. The van der Waals surface area contributed by atoms with E-state index in [1.807, 2.05) is 19.1 Å². The molecule has 1 aliphatic carbocycles. The molecule has 0 atom stereocenters. The molecular weight excluding hydrogens is 485 g/mol. The number of allylic oxidation sites excluding steroid dienone is 9. The van der Waals surface area contributed by atoms with Crippen molar-refractivity contribution in [1.82, 2.24) is 4.90 Å². The van der Waals surface area contributed by atoms with Gasteiger partial charge in [-0.05, 0) is 69.7 Å². The summed E-state index contributed by atoms with van der Waals surface area (Å²) >= 11 is 0. The second kappa shape index (κ2) is 14.8.